The van der Waals surface area contributed by atoms with Gasteiger partial charge in [-0.05, 0) is 0 Å². The van der Waals surface area contributed by atoms with Gasteiger partial charge in [-0.25, -0.2) is 0 Å². The molecular formula is C7H12BNO3. The van der Waals surface area contributed by atoms with Gasteiger partial charge in [0.15, 0.2) is 5.66 Å². The summed E-state index contributed by atoms with van der Waals surface area (Å²) in [6.45, 7) is 5.91. The second kappa shape index (κ2) is 2.92. The minimum atomic E-state index is -1.58. The molecule has 0 radical (unpaired) electrons. The molecule has 0 saturated heterocycles. The highest BCUT2D eigenvalue weighted by Gasteiger charge is 2.23. The molecule has 0 amide bonds. The number of rotatable bonds is 1. The fourth-order valence-electron chi connectivity index (χ4n) is 0.764. The Hall–Kier alpha value is -0.805. The van der Waals surface area contributed by atoms with Crippen LogP contribution in [0.4, 0.5) is 0 Å². The molecule has 0 saturated carbocycles. The molecule has 0 fully saturated rings. The molecule has 0 unspecified atom stereocenters. The van der Waals surface area contributed by atoms with Crippen LogP contribution in [0.15, 0.2) is 10.6 Å². The molecule has 66 valence electrons. The van der Waals surface area contributed by atoms with Gasteiger partial charge in [-0.2, -0.15) is 0 Å². The highest BCUT2D eigenvalue weighted by atomic mass is 16.5. The summed E-state index contributed by atoms with van der Waals surface area (Å²) < 4.78 is 4.70. The van der Waals surface area contributed by atoms with Crippen LogP contribution in [0.2, 0.25) is 0 Å². The molecule has 0 aliphatic heterocycles. The van der Waals surface area contributed by atoms with E-state index in [1.165, 1.54) is 0 Å². The fourth-order valence-corrected chi connectivity index (χ4v) is 0.764. The molecule has 1 rings (SSSR count). The van der Waals surface area contributed by atoms with E-state index in [1.54, 1.807) is 6.07 Å². The summed E-state index contributed by atoms with van der Waals surface area (Å²) in [5, 5.41) is 21.2. The molecule has 5 heteroatoms. The second-order valence-corrected chi connectivity index (χ2v) is 3.74. The van der Waals surface area contributed by atoms with Gasteiger partial charge >= 0.3 is 7.12 Å². The van der Waals surface area contributed by atoms with E-state index in [4.69, 9.17) is 14.6 Å². The predicted octanol–water partition coefficient (Wildman–Crippen LogP) is -0.348. The smallest absolute Gasteiger partial charge is 0.421 e. The van der Waals surface area contributed by atoms with Crippen LogP contribution in [0, 0.1) is 0 Å². The Kier molecular flexibility index (Phi) is 2.26. The number of aromatic nitrogens is 1. The summed E-state index contributed by atoms with van der Waals surface area (Å²) >= 11 is 0. The largest absolute Gasteiger partial charge is 0.529 e. The van der Waals surface area contributed by atoms with Crippen molar-refractivity contribution in [3.8, 4) is 0 Å². The number of hydrogen-bond acceptors (Lipinski definition) is 4. The minimum Gasteiger partial charge on any atom is -0.421 e. The Bertz CT molecular complexity index is 264. The maximum Gasteiger partial charge on any atom is 0.529 e. The zero-order valence-corrected chi connectivity index (χ0v) is 7.40. The molecule has 1 heterocycles. The van der Waals surface area contributed by atoms with Gasteiger partial charge in [0.1, 0.15) is 0 Å². The summed E-state index contributed by atoms with van der Waals surface area (Å²) in [5.74, 6) is 0. The van der Waals surface area contributed by atoms with Crippen molar-refractivity contribution in [2.45, 2.75) is 26.2 Å². The topological polar surface area (TPSA) is 66.5 Å². The maximum atomic E-state index is 8.72. The molecule has 0 aliphatic rings. The standard InChI is InChI=1S/C7H12BNO3/c1-7(2,3)5-4-6(8(10)11)12-9-5/h4,10-11H,1-3H3. The van der Waals surface area contributed by atoms with Crippen LogP contribution in [0.5, 0.6) is 0 Å². The molecule has 0 bridgehead atoms. The van der Waals surface area contributed by atoms with Gasteiger partial charge in [0, 0.05) is 11.5 Å². The molecule has 1 aromatic rings. The van der Waals surface area contributed by atoms with E-state index in [9.17, 15) is 0 Å². The molecule has 0 spiro atoms. The fraction of sp³-hybridized carbons (Fsp3) is 0.571. The molecular weight excluding hydrogens is 157 g/mol. The lowest BCUT2D eigenvalue weighted by atomic mass is 9.84. The molecule has 4 nitrogen and oxygen atoms in total. The van der Waals surface area contributed by atoms with E-state index in [-0.39, 0.29) is 11.1 Å². The van der Waals surface area contributed by atoms with Crippen LogP contribution in [-0.4, -0.2) is 22.3 Å². The lowest BCUT2D eigenvalue weighted by molar-refractivity contribution is 0.373. The van der Waals surface area contributed by atoms with Gasteiger partial charge in [-0.1, -0.05) is 25.9 Å². The lowest BCUT2D eigenvalue weighted by Crippen LogP contribution is -2.28. The van der Waals surface area contributed by atoms with E-state index in [2.05, 4.69) is 5.16 Å². The summed E-state index contributed by atoms with van der Waals surface area (Å²) in [4.78, 5) is 0. The van der Waals surface area contributed by atoms with Gasteiger partial charge in [0.2, 0.25) is 0 Å². The quantitative estimate of drug-likeness (QED) is 0.564. The molecule has 1 aromatic heterocycles. The zero-order valence-electron chi connectivity index (χ0n) is 7.40. The molecule has 12 heavy (non-hydrogen) atoms. The molecule has 2 N–H and O–H groups in total. The first kappa shape index (κ1) is 9.28. The van der Waals surface area contributed by atoms with E-state index in [0.29, 0.717) is 5.69 Å². The monoisotopic (exact) mass is 169 g/mol. The molecule has 0 aliphatic carbocycles. The van der Waals surface area contributed by atoms with Crippen LogP contribution in [0.1, 0.15) is 26.5 Å². The first-order chi connectivity index (χ1) is 5.41. The normalized spacial score (nSPS) is 11.8. The van der Waals surface area contributed by atoms with Crippen molar-refractivity contribution in [1.82, 2.24) is 5.16 Å². The third-order valence-electron chi connectivity index (χ3n) is 1.55. The van der Waals surface area contributed by atoms with Crippen molar-refractivity contribution in [3.05, 3.63) is 11.8 Å². The van der Waals surface area contributed by atoms with Crippen LogP contribution >= 0.6 is 0 Å². The Morgan fingerprint density at radius 2 is 2.00 bits per heavy atom. The van der Waals surface area contributed by atoms with Crippen molar-refractivity contribution in [2.75, 3.05) is 0 Å². The predicted molar refractivity (Wildman–Crippen MR) is 45.0 cm³/mol. The Morgan fingerprint density at radius 1 is 1.42 bits per heavy atom. The summed E-state index contributed by atoms with van der Waals surface area (Å²) in [6.07, 6.45) is 0. The maximum absolute atomic E-state index is 8.72. The summed E-state index contributed by atoms with van der Waals surface area (Å²) in [7, 11) is -1.58. The SMILES string of the molecule is CC(C)(C)c1cc(B(O)O)on1. The van der Waals surface area contributed by atoms with E-state index in [0.717, 1.165) is 0 Å². The minimum absolute atomic E-state index is 0.0833. The second-order valence-electron chi connectivity index (χ2n) is 3.74. The Labute approximate surface area is 71.3 Å². The third-order valence-corrected chi connectivity index (χ3v) is 1.55. The van der Waals surface area contributed by atoms with E-state index >= 15 is 0 Å². The van der Waals surface area contributed by atoms with Crippen molar-refractivity contribution in [1.29, 1.82) is 0 Å². The van der Waals surface area contributed by atoms with Crippen molar-refractivity contribution in [2.24, 2.45) is 0 Å². The number of hydrogen-bond donors (Lipinski definition) is 2. The molecule has 0 atom stereocenters. The molecule has 0 aromatic carbocycles. The first-order valence-electron chi connectivity index (χ1n) is 3.74. The zero-order chi connectivity index (χ0) is 9.35. The van der Waals surface area contributed by atoms with Gasteiger partial charge in [-0.15, -0.1) is 0 Å². The van der Waals surface area contributed by atoms with Gasteiger partial charge in [-0.3, -0.25) is 0 Å². The van der Waals surface area contributed by atoms with E-state index in [1.807, 2.05) is 20.8 Å². The highest BCUT2D eigenvalue weighted by Crippen LogP contribution is 2.18. The van der Waals surface area contributed by atoms with Crippen molar-refractivity contribution < 1.29 is 14.6 Å². The summed E-state index contributed by atoms with van der Waals surface area (Å²) in [6, 6.07) is 1.55. The summed E-state index contributed by atoms with van der Waals surface area (Å²) in [5.41, 5.74) is 0.668. The lowest BCUT2D eigenvalue weighted by Gasteiger charge is -2.12. The number of nitrogens with zero attached hydrogens (tertiary/aromatic N) is 1. The van der Waals surface area contributed by atoms with Crippen LogP contribution in [-0.2, 0) is 5.41 Å². The third kappa shape index (κ3) is 1.87. The van der Waals surface area contributed by atoms with Crippen LogP contribution in [0.25, 0.3) is 0 Å². The average Bonchev–Trinajstić information content (AvgIpc) is 2.30. The van der Waals surface area contributed by atoms with Gasteiger partial charge in [0.25, 0.3) is 0 Å². The van der Waals surface area contributed by atoms with Crippen LogP contribution < -0.4 is 5.66 Å². The highest BCUT2D eigenvalue weighted by molar-refractivity contribution is 6.56. The average molecular weight is 169 g/mol. The Morgan fingerprint density at radius 3 is 2.25 bits per heavy atom. The Balaban J connectivity index is 2.92. The van der Waals surface area contributed by atoms with Crippen molar-refractivity contribution >= 4 is 12.8 Å². The van der Waals surface area contributed by atoms with E-state index < -0.39 is 7.12 Å². The van der Waals surface area contributed by atoms with Gasteiger partial charge < -0.3 is 14.6 Å². The van der Waals surface area contributed by atoms with Crippen LogP contribution in [0.3, 0.4) is 0 Å². The van der Waals surface area contributed by atoms with Crippen molar-refractivity contribution in [3.63, 3.8) is 0 Å². The first-order valence-corrected chi connectivity index (χ1v) is 3.74. The van der Waals surface area contributed by atoms with Gasteiger partial charge in [0.05, 0.1) is 5.69 Å².